The molecule has 2 aromatic rings. The van der Waals surface area contributed by atoms with Crippen LogP contribution in [0.5, 0.6) is 0 Å². The maximum Gasteiger partial charge on any atom is 0.0440 e. The van der Waals surface area contributed by atoms with Crippen LogP contribution in [-0.4, -0.2) is 14.1 Å². The van der Waals surface area contributed by atoms with Crippen molar-refractivity contribution in [1.29, 1.82) is 0 Å². The minimum absolute atomic E-state index is 1.09. The second kappa shape index (κ2) is 3.33. The van der Waals surface area contributed by atoms with Crippen LogP contribution in [0.15, 0.2) is 36.4 Å². The van der Waals surface area contributed by atoms with Gasteiger partial charge in [-0.2, -0.15) is 0 Å². The van der Waals surface area contributed by atoms with Crippen molar-refractivity contribution in [2.75, 3.05) is 19.0 Å². The summed E-state index contributed by atoms with van der Waals surface area (Å²) in [4.78, 5) is 2.13. The van der Waals surface area contributed by atoms with Crippen molar-refractivity contribution in [3.8, 4) is 0 Å². The van der Waals surface area contributed by atoms with Gasteiger partial charge < -0.3 is 4.90 Å². The van der Waals surface area contributed by atoms with Crippen LogP contribution in [0.1, 0.15) is 5.56 Å². The smallest absolute Gasteiger partial charge is 0.0440 e. The fourth-order valence-electron chi connectivity index (χ4n) is 1.74. The summed E-state index contributed by atoms with van der Waals surface area (Å²) >= 11 is 0. The summed E-state index contributed by atoms with van der Waals surface area (Å²) in [6, 6.07) is 12.6. The van der Waals surface area contributed by atoms with Crippen LogP contribution in [0.3, 0.4) is 0 Å². The van der Waals surface area contributed by atoms with Gasteiger partial charge in [-0.15, -0.1) is 0 Å². The molecule has 0 N–H and O–H groups in total. The van der Waals surface area contributed by atoms with Gasteiger partial charge in [0.15, 0.2) is 0 Å². The Balaban J connectivity index is 2.82. The van der Waals surface area contributed by atoms with Gasteiger partial charge in [-0.25, -0.2) is 0 Å². The van der Waals surface area contributed by atoms with Gasteiger partial charge in [0.1, 0.15) is 0 Å². The lowest BCUT2D eigenvalue weighted by Gasteiger charge is -2.16. The lowest BCUT2D eigenvalue weighted by molar-refractivity contribution is 1.14. The molecule has 0 aromatic heterocycles. The minimum atomic E-state index is 1.09. The highest BCUT2D eigenvalue weighted by Crippen LogP contribution is 2.27. The van der Waals surface area contributed by atoms with Crippen LogP contribution < -0.4 is 4.90 Å². The third-order valence-corrected chi connectivity index (χ3v) is 2.47. The molecule has 0 heterocycles. The first-order chi connectivity index (χ1) is 6.70. The first-order valence-electron chi connectivity index (χ1n) is 4.71. The number of rotatable bonds is 1. The van der Waals surface area contributed by atoms with E-state index < -0.39 is 0 Å². The minimum Gasteiger partial charge on any atom is -0.377 e. The van der Waals surface area contributed by atoms with E-state index in [0.29, 0.717) is 0 Å². The molecule has 0 amide bonds. The fraction of sp³-hybridized carbons (Fsp3) is 0.154. The Kier molecular flexibility index (Phi) is 2.16. The number of anilines is 1. The van der Waals surface area contributed by atoms with Crippen molar-refractivity contribution in [3.05, 3.63) is 48.9 Å². The predicted octanol–water partition coefficient (Wildman–Crippen LogP) is 3.09. The fourth-order valence-corrected chi connectivity index (χ4v) is 1.74. The Labute approximate surface area is 85.0 Å². The molecular weight excluding hydrogens is 170 g/mol. The molecule has 1 nitrogen and oxygen atoms in total. The molecule has 0 saturated heterocycles. The average molecular weight is 184 g/mol. The number of fused-ring (bicyclic) bond motifs is 1. The topological polar surface area (TPSA) is 3.24 Å². The van der Waals surface area contributed by atoms with Gasteiger partial charge in [-0.1, -0.05) is 30.3 Å². The van der Waals surface area contributed by atoms with Gasteiger partial charge in [0, 0.05) is 25.2 Å². The number of hydrogen-bond acceptors (Lipinski definition) is 1. The molecule has 0 bridgehead atoms. The maximum atomic E-state index is 4.03. The molecule has 14 heavy (non-hydrogen) atoms. The van der Waals surface area contributed by atoms with E-state index in [1.54, 1.807) is 0 Å². The Hall–Kier alpha value is -1.50. The molecule has 71 valence electrons. The zero-order chi connectivity index (χ0) is 10.1. The van der Waals surface area contributed by atoms with Gasteiger partial charge in [0.05, 0.1) is 0 Å². The third-order valence-electron chi connectivity index (χ3n) is 2.47. The van der Waals surface area contributed by atoms with Crippen LogP contribution in [0.4, 0.5) is 5.69 Å². The highest BCUT2D eigenvalue weighted by molar-refractivity contribution is 5.96. The Morgan fingerprint density at radius 3 is 2.21 bits per heavy atom. The van der Waals surface area contributed by atoms with Gasteiger partial charge in [-0.3, -0.25) is 0 Å². The van der Waals surface area contributed by atoms with E-state index in [2.05, 4.69) is 62.3 Å². The van der Waals surface area contributed by atoms with Crippen molar-refractivity contribution in [2.24, 2.45) is 0 Å². The molecule has 0 spiro atoms. The largest absolute Gasteiger partial charge is 0.377 e. The first-order valence-corrected chi connectivity index (χ1v) is 4.71. The monoisotopic (exact) mass is 184 g/mol. The number of hydrogen-bond donors (Lipinski definition) is 0. The van der Waals surface area contributed by atoms with Crippen LogP contribution in [0, 0.1) is 6.92 Å². The Bertz CT molecular complexity index is 458. The van der Waals surface area contributed by atoms with Crippen molar-refractivity contribution in [1.82, 2.24) is 0 Å². The summed E-state index contributed by atoms with van der Waals surface area (Å²) in [6.45, 7) is 4.03. The molecule has 2 aromatic carbocycles. The number of nitrogens with zero attached hydrogens (tertiary/aromatic N) is 1. The van der Waals surface area contributed by atoms with E-state index in [-0.39, 0.29) is 0 Å². The molecule has 0 aliphatic carbocycles. The quantitative estimate of drug-likeness (QED) is 0.658. The summed E-state index contributed by atoms with van der Waals surface area (Å²) in [5.74, 6) is 0. The molecule has 0 unspecified atom stereocenters. The highest BCUT2D eigenvalue weighted by Gasteiger charge is 2.03. The van der Waals surface area contributed by atoms with Gasteiger partial charge in [0.25, 0.3) is 0 Å². The molecule has 0 saturated carbocycles. The average Bonchev–Trinajstić information content (AvgIpc) is 2.18. The lowest BCUT2D eigenvalue weighted by Crippen LogP contribution is -2.09. The summed E-state index contributed by atoms with van der Waals surface area (Å²) < 4.78 is 0. The summed E-state index contributed by atoms with van der Waals surface area (Å²) in [5, 5.41) is 2.50. The molecule has 0 fully saturated rings. The van der Waals surface area contributed by atoms with Crippen molar-refractivity contribution >= 4 is 16.5 Å². The predicted molar refractivity (Wildman–Crippen MR) is 62.7 cm³/mol. The zero-order valence-corrected chi connectivity index (χ0v) is 8.62. The summed E-state index contributed by atoms with van der Waals surface area (Å²) in [5.41, 5.74) is 2.33. The Morgan fingerprint density at radius 2 is 1.57 bits per heavy atom. The molecule has 0 aliphatic rings. The molecular formula is C13H14N. The summed E-state index contributed by atoms with van der Waals surface area (Å²) in [6.07, 6.45) is 0. The van der Waals surface area contributed by atoms with Gasteiger partial charge in [-0.05, 0) is 23.9 Å². The standard InChI is InChI=1S/C13H14N/c1-10-8-9-13(14(2)3)12-7-5-4-6-11(10)12/h4-9H,1H2,2-3H3. The van der Waals surface area contributed by atoms with Crippen molar-refractivity contribution in [3.63, 3.8) is 0 Å². The Morgan fingerprint density at radius 1 is 0.929 bits per heavy atom. The van der Waals surface area contributed by atoms with Crippen LogP contribution in [0.25, 0.3) is 10.8 Å². The van der Waals surface area contributed by atoms with E-state index in [4.69, 9.17) is 0 Å². The summed E-state index contributed by atoms with van der Waals surface area (Å²) in [7, 11) is 4.12. The highest BCUT2D eigenvalue weighted by atomic mass is 15.1. The van der Waals surface area contributed by atoms with E-state index >= 15 is 0 Å². The second-order valence-corrected chi connectivity index (χ2v) is 3.68. The van der Waals surface area contributed by atoms with E-state index in [1.165, 1.54) is 16.5 Å². The zero-order valence-electron chi connectivity index (χ0n) is 8.62. The van der Waals surface area contributed by atoms with Crippen LogP contribution in [0.2, 0.25) is 0 Å². The first kappa shape index (κ1) is 9.07. The molecule has 0 atom stereocenters. The van der Waals surface area contributed by atoms with Gasteiger partial charge in [0.2, 0.25) is 0 Å². The van der Waals surface area contributed by atoms with E-state index in [1.807, 2.05) is 0 Å². The van der Waals surface area contributed by atoms with E-state index in [0.717, 1.165) is 5.56 Å². The lowest BCUT2D eigenvalue weighted by atomic mass is 10.0. The van der Waals surface area contributed by atoms with Crippen molar-refractivity contribution < 1.29 is 0 Å². The van der Waals surface area contributed by atoms with E-state index in [9.17, 15) is 0 Å². The molecule has 2 rings (SSSR count). The second-order valence-electron chi connectivity index (χ2n) is 3.68. The van der Waals surface area contributed by atoms with Gasteiger partial charge >= 0.3 is 0 Å². The normalized spacial score (nSPS) is 10.5. The van der Waals surface area contributed by atoms with Crippen LogP contribution in [-0.2, 0) is 0 Å². The third kappa shape index (κ3) is 1.35. The molecule has 0 aliphatic heterocycles. The SMILES string of the molecule is [CH2]c1ccc(N(C)C)c2ccccc12. The maximum absolute atomic E-state index is 4.03. The van der Waals surface area contributed by atoms with Crippen LogP contribution >= 0.6 is 0 Å². The van der Waals surface area contributed by atoms with Crippen molar-refractivity contribution in [2.45, 2.75) is 0 Å². The number of benzene rings is 2. The molecule has 1 radical (unpaired) electrons. The molecule has 1 heteroatoms.